The summed E-state index contributed by atoms with van der Waals surface area (Å²) in [6, 6.07) is 7.33. The van der Waals surface area contributed by atoms with Crippen molar-refractivity contribution in [2.45, 2.75) is 32.0 Å². The molecule has 0 saturated carbocycles. The van der Waals surface area contributed by atoms with Crippen molar-refractivity contribution in [3.63, 3.8) is 0 Å². The summed E-state index contributed by atoms with van der Waals surface area (Å²) in [4.78, 5) is 25.1. The van der Waals surface area contributed by atoms with Crippen LogP contribution in [-0.2, 0) is 14.3 Å². The molecule has 1 aromatic carbocycles. The van der Waals surface area contributed by atoms with E-state index >= 15 is 0 Å². The van der Waals surface area contributed by atoms with Crippen molar-refractivity contribution < 1.29 is 19.1 Å². The maximum Gasteiger partial charge on any atom is 0.339 e. The molecule has 1 heterocycles. The number of fused-ring (bicyclic) bond motifs is 1. The van der Waals surface area contributed by atoms with E-state index in [4.69, 9.17) is 21.3 Å². The van der Waals surface area contributed by atoms with Gasteiger partial charge in [-0.2, -0.15) is 0 Å². The van der Waals surface area contributed by atoms with Crippen molar-refractivity contribution >= 4 is 23.7 Å². The summed E-state index contributed by atoms with van der Waals surface area (Å²) in [7, 11) is 0. The highest BCUT2D eigenvalue weighted by atomic mass is 35.5. The number of ether oxygens (including phenoxy) is 2. The first-order chi connectivity index (χ1) is 9.61. The van der Waals surface area contributed by atoms with Crippen LogP contribution in [0, 0.1) is 0 Å². The number of hydrogen-bond donors (Lipinski definition) is 1. The van der Waals surface area contributed by atoms with Gasteiger partial charge in [0.1, 0.15) is 12.6 Å². The lowest BCUT2D eigenvalue weighted by atomic mass is 10.0. The molecule has 0 saturated heterocycles. The summed E-state index contributed by atoms with van der Waals surface area (Å²) >= 11 is 5.22. The minimum Gasteiger partial charge on any atom is -0.462 e. The van der Waals surface area contributed by atoms with E-state index in [9.17, 15) is 9.59 Å². The molecule has 1 aliphatic heterocycles. The fraction of sp³-hybridized carbons (Fsp3) is 0.429. The van der Waals surface area contributed by atoms with Crippen LogP contribution < -0.4 is 4.84 Å². The molecule has 108 valence electrons. The second kappa shape index (κ2) is 6.72. The number of rotatable bonds is 6. The monoisotopic (exact) mass is 297 g/mol. The predicted octanol–water partition coefficient (Wildman–Crippen LogP) is 2.35. The minimum absolute atomic E-state index is 0.0346. The van der Waals surface area contributed by atoms with E-state index in [1.807, 2.05) is 18.2 Å². The molecular formula is C14H16ClNO4. The second-order valence-corrected chi connectivity index (χ2v) is 4.94. The van der Waals surface area contributed by atoms with Crippen LogP contribution in [0.3, 0.4) is 0 Å². The Bertz CT molecular complexity index is 506. The van der Waals surface area contributed by atoms with Crippen LogP contribution in [0.15, 0.2) is 24.3 Å². The number of esters is 2. The van der Waals surface area contributed by atoms with Crippen LogP contribution in [0.1, 0.15) is 41.8 Å². The zero-order valence-corrected chi connectivity index (χ0v) is 11.9. The van der Waals surface area contributed by atoms with Crippen LogP contribution in [0.4, 0.5) is 0 Å². The Labute approximate surface area is 122 Å². The second-order valence-electron chi connectivity index (χ2n) is 4.67. The number of carbonyl (C=O) groups is 2. The number of carbonyl (C=O) groups excluding carboxylic acids is 2. The third kappa shape index (κ3) is 3.49. The molecule has 0 aliphatic carbocycles. The Balaban J connectivity index is 1.86. The molecule has 20 heavy (non-hydrogen) atoms. The number of benzene rings is 1. The number of halogens is 1. The first kappa shape index (κ1) is 14.8. The lowest BCUT2D eigenvalue weighted by molar-refractivity contribution is -0.147. The Hall–Kier alpha value is -1.59. The van der Waals surface area contributed by atoms with Crippen molar-refractivity contribution in [3.05, 3.63) is 35.4 Å². The third-order valence-electron chi connectivity index (χ3n) is 3.16. The normalized spacial score (nSPS) is 18.3. The van der Waals surface area contributed by atoms with E-state index in [-0.39, 0.29) is 24.7 Å². The van der Waals surface area contributed by atoms with Crippen molar-refractivity contribution in [1.29, 1.82) is 0 Å². The van der Waals surface area contributed by atoms with E-state index in [0.29, 0.717) is 18.4 Å². The molecule has 2 rings (SSSR count). The Morgan fingerprint density at radius 3 is 3.00 bits per heavy atom. The summed E-state index contributed by atoms with van der Waals surface area (Å²) in [6.45, 7) is 1.77. The molecule has 0 fully saturated rings. The number of cyclic esters (lactones) is 1. The molecule has 0 radical (unpaired) electrons. The standard InChI is InChI=1S/C14H16ClNO4/c1-9(19-13(17)8-16-15)6-7-12-10-4-2-3-5-11(10)14(18)20-12/h2-5,9,12,16H,6-8H2,1H3/t9?,12-/m0/s1. The van der Waals surface area contributed by atoms with Gasteiger partial charge < -0.3 is 9.47 Å². The quantitative estimate of drug-likeness (QED) is 0.645. The van der Waals surface area contributed by atoms with Gasteiger partial charge in [-0.3, -0.25) is 4.79 Å². The van der Waals surface area contributed by atoms with Crippen LogP contribution in [-0.4, -0.2) is 24.6 Å². The van der Waals surface area contributed by atoms with Gasteiger partial charge in [0, 0.05) is 5.56 Å². The van der Waals surface area contributed by atoms with E-state index in [1.54, 1.807) is 13.0 Å². The average Bonchev–Trinajstić information content (AvgIpc) is 2.74. The molecule has 1 aromatic rings. The summed E-state index contributed by atoms with van der Waals surface area (Å²) in [6.07, 6.45) is 0.719. The molecule has 5 nitrogen and oxygen atoms in total. The van der Waals surface area contributed by atoms with Gasteiger partial charge in [0.15, 0.2) is 0 Å². The molecule has 0 spiro atoms. The molecule has 1 unspecified atom stereocenters. The van der Waals surface area contributed by atoms with Gasteiger partial charge in [0.05, 0.1) is 11.7 Å². The van der Waals surface area contributed by atoms with Gasteiger partial charge in [0.25, 0.3) is 0 Å². The fourth-order valence-electron chi connectivity index (χ4n) is 2.20. The lowest BCUT2D eigenvalue weighted by Gasteiger charge is -2.15. The number of nitrogens with one attached hydrogen (secondary N) is 1. The topological polar surface area (TPSA) is 64.6 Å². The first-order valence-electron chi connectivity index (χ1n) is 6.44. The predicted molar refractivity (Wildman–Crippen MR) is 73.2 cm³/mol. The summed E-state index contributed by atoms with van der Waals surface area (Å²) < 4.78 is 10.5. The molecule has 1 aliphatic rings. The van der Waals surface area contributed by atoms with Crippen LogP contribution in [0.5, 0.6) is 0 Å². The van der Waals surface area contributed by atoms with Crippen LogP contribution in [0.25, 0.3) is 0 Å². The zero-order chi connectivity index (χ0) is 14.5. The molecule has 6 heteroatoms. The van der Waals surface area contributed by atoms with Crippen LogP contribution >= 0.6 is 11.8 Å². The van der Waals surface area contributed by atoms with E-state index in [0.717, 1.165) is 5.56 Å². The summed E-state index contributed by atoms with van der Waals surface area (Å²) in [5.41, 5.74) is 1.52. The largest absolute Gasteiger partial charge is 0.462 e. The first-order valence-corrected chi connectivity index (χ1v) is 6.82. The molecular weight excluding hydrogens is 282 g/mol. The lowest BCUT2D eigenvalue weighted by Crippen LogP contribution is -2.22. The summed E-state index contributed by atoms with van der Waals surface area (Å²) in [5.74, 6) is -0.696. The smallest absolute Gasteiger partial charge is 0.339 e. The highest BCUT2D eigenvalue weighted by molar-refractivity contribution is 6.14. The third-order valence-corrected chi connectivity index (χ3v) is 3.29. The fourth-order valence-corrected chi connectivity index (χ4v) is 2.31. The highest BCUT2D eigenvalue weighted by Crippen LogP contribution is 2.34. The van der Waals surface area contributed by atoms with Crippen molar-refractivity contribution in [1.82, 2.24) is 4.84 Å². The van der Waals surface area contributed by atoms with Gasteiger partial charge in [0.2, 0.25) is 0 Å². The van der Waals surface area contributed by atoms with Gasteiger partial charge in [-0.1, -0.05) is 18.2 Å². The molecule has 1 N–H and O–H groups in total. The molecule has 0 aromatic heterocycles. The molecule has 0 amide bonds. The van der Waals surface area contributed by atoms with Crippen LogP contribution in [0.2, 0.25) is 0 Å². The Morgan fingerprint density at radius 2 is 2.25 bits per heavy atom. The molecule has 0 bridgehead atoms. The van der Waals surface area contributed by atoms with Gasteiger partial charge in [-0.15, -0.1) is 0 Å². The van der Waals surface area contributed by atoms with Gasteiger partial charge in [-0.25, -0.2) is 9.63 Å². The zero-order valence-electron chi connectivity index (χ0n) is 11.1. The van der Waals surface area contributed by atoms with Crippen molar-refractivity contribution in [3.8, 4) is 0 Å². The minimum atomic E-state index is -0.406. The number of hydrogen-bond acceptors (Lipinski definition) is 5. The molecule has 2 atom stereocenters. The van der Waals surface area contributed by atoms with E-state index in [2.05, 4.69) is 4.84 Å². The SMILES string of the molecule is CC(CC[C@@H]1OC(=O)c2ccccc21)OC(=O)CNCl. The van der Waals surface area contributed by atoms with Crippen molar-refractivity contribution in [2.24, 2.45) is 0 Å². The summed E-state index contributed by atoms with van der Waals surface area (Å²) in [5, 5.41) is 0. The maximum atomic E-state index is 11.7. The van der Waals surface area contributed by atoms with E-state index < -0.39 is 5.97 Å². The maximum absolute atomic E-state index is 11.7. The average molecular weight is 298 g/mol. The Morgan fingerprint density at radius 1 is 1.50 bits per heavy atom. The Kier molecular flexibility index (Phi) is 4.98. The van der Waals surface area contributed by atoms with Gasteiger partial charge in [-0.05, 0) is 37.6 Å². The van der Waals surface area contributed by atoms with Gasteiger partial charge >= 0.3 is 11.9 Å². The van der Waals surface area contributed by atoms with Crippen molar-refractivity contribution in [2.75, 3.05) is 6.54 Å². The van der Waals surface area contributed by atoms with E-state index in [1.165, 1.54) is 0 Å². The highest BCUT2D eigenvalue weighted by Gasteiger charge is 2.30.